The van der Waals surface area contributed by atoms with Crippen molar-refractivity contribution in [3.8, 4) is 56.8 Å². The number of ether oxygens (including phenoxy) is 5. The van der Waals surface area contributed by atoms with Gasteiger partial charge < -0.3 is 33.5 Å². The van der Waals surface area contributed by atoms with Crippen molar-refractivity contribution in [3.63, 3.8) is 0 Å². The number of fused-ring (bicyclic) bond motifs is 1. The highest BCUT2D eigenvalue weighted by Gasteiger charge is 2.47. The molecule has 0 atom stereocenters. The molecule has 7 aromatic carbocycles. The Bertz CT molecular complexity index is 2980. The summed E-state index contributed by atoms with van der Waals surface area (Å²) in [6.07, 6.45) is 11.8. The first-order chi connectivity index (χ1) is 34.1. The molecule has 0 N–H and O–H groups in total. The van der Waals surface area contributed by atoms with Gasteiger partial charge >= 0.3 is 5.97 Å². The smallest absolute Gasteiger partial charge is 0.341 e. The molecule has 0 spiro atoms. The summed E-state index contributed by atoms with van der Waals surface area (Å²) in [5.74, 6) is 2.98. The maximum atomic E-state index is 14.1. The highest BCUT2D eigenvalue weighted by atomic mass is 35.5. The number of nitrogens with zero attached hydrogens (tertiary/aromatic N) is 2. The van der Waals surface area contributed by atoms with Gasteiger partial charge in [0.2, 0.25) is 0 Å². The Morgan fingerprint density at radius 1 is 0.514 bits per heavy atom. The van der Waals surface area contributed by atoms with Crippen LogP contribution < -0.4 is 28.7 Å². The lowest BCUT2D eigenvalue weighted by Crippen LogP contribution is -2.21. The lowest BCUT2D eigenvalue weighted by molar-refractivity contribution is 0.0301. The van der Waals surface area contributed by atoms with Crippen LogP contribution in [0.2, 0.25) is 20.1 Å². The second kappa shape index (κ2) is 20.4. The number of rotatable bonds is 14. The molecule has 0 saturated carbocycles. The molecule has 12 heteroatoms. The first-order valence-corrected chi connectivity index (χ1v) is 24.7. The van der Waals surface area contributed by atoms with Crippen LogP contribution in [0.5, 0.6) is 34.5 Å². The van der Waals surface area contributed by atoms with Crippen LogP contribution in [0.4, 0.5) is 11.4 Å². The predicted octanol–water partition coefficient (Wildman–Crippen LogP) is 16.2. The molecule has 3 aliphatic heterocycles. The number of halogens is 4. The summed E-state index contributed by atoms with van der Waals surface area (Å²) in [6.45, 7) is 3.99. The minimum atomic E-state index is -1.65. The molecule has 0 unspecified atom stereocenters. The summed E-state index contributed by atoms with van der Waals surface area (Å²) < 4.78 is 30.7. The van der Waals surface area contributed by atoms with Crippen molar-refractivity contribution >= 4 is 75.9 Å². The molecule has 8 nitrogen and oxygen atoms in total. The maximum absolute atomic E-state index is 14.1. The Labute approximate surface area is 428 Å². The Hall–Kier alpha value is -6.55. The summed E-state index contributed by atoms with van der Waals surface area (Å²) in [5, 5.41) is -0.0920. The maximum Gasteiger partial charge on any atom is 0.341 e. The molecule has 3 aliphatic rings. The quantitative estimate of drug-likeness (QED) is 0.0606. The van der Waals surface area contributed by atoms with Crippen molar-refractivity contribution in [3.05, 3.63) is 188 Å². The third-order valence-corrected chi connectivity index (χ3v) is 14.9. The van der Waals surface area contributed by atoms with Crippen molar-refractivity contribution in [1.29, 1.82) is 0 Å². The van der Waals surface area contributed by atoms with E-state index in [2.05, 4.69) is 70.5 Å². The van der Waals surface area contributed by atoms with Gasteiger partial charge in [0, 0.05) is 65.4 Å². The summed E-state index contributed by atoms with van der Waals surface area (Å²) >= 11 is 27.3. The second-order valence-electron chi connectivity index (χ2n) is 17.3. The number of esters is 1. The van der Waals surface area contributed by atoms with E-state index < -0.39 is 11.6 Å². The van der Waals surface area contributed by atoms with Crippen LogP contribution in [-0.2, 0) is 10.3 Å². The number of carbonyl (C=O) groups excluding carboxylic acids is 1. The molecule has 2 fully saturated rings. The van der Waals surface area contributed by atoms with Gasteiger partial charge in [-0.1, -0.05) is 119 Å². The zero-order valence-corrected chi connectivity index (χ0v) is 41.5. The molecular formula is C58H48Cl4N2O6. The van der Waals surface area contributed by atoms with Gasteiger partial charge in [-0.3, -0.25) is 0 Å². The zero-order chi connectivity index (χ0) is 48.4. The molecule has 0 bridgehead atoms. The van der Waals surface area contributed by atoms with Crippen molar-refractivity contribution in [1.82, 2.24) is 0 Å². The third kappa shape index (κ3) is 9.41. The molecule has 354 valence electrons. The number of para-hydroxylation sites is 2. The van der Waals surface area contributed by atoms with Crippen molar-refractivity contribution in [2.75, 3.05) is 50.2 Å². The lowest BCUT2D eigenvalue weighted by Gasteiger charge is -2.24. The normalized spacial score (nSPS) is 15.2. The molecular weight excluding hydrogens is 962 g/mol. The molecule has 10 rings (SSSR count). The fraction of sp³-hybridized carbons (Fsp3) is 0.190. The molecule has 3 heterocycles. The van der Waals surface area contributed by atoms with Gasteiger partial charge in [-0.05, 0) is 122 Å². The van der Waals surface area contributed by atoms with Gasteiger partial charge in [0.25, 0.3) is 0 Å². The molecule has 2 saturated heterocycles. The van der Waals surface area contributed by atoms with Gasteiger partial charge in [-0.2, -0.15) is 0 Å². The number of methoxy groups -OCH3 is 2. The van der Waals surface area contributed by atoms with Crippen LogP contribution in [0.1, 0.15) is 52.7 Å². The van der Waals surface area contributed by atoms with E-state index in [1.165, 1.54) is 11.4 Å². The monoisotopic (exact) mass is 1010 g/mol. The van der Waals surface area contributed by atoms with E-state index in [9.17, 15) is 4.79 Å². The minimum Gasteiger partial charge on any atom is -0.497 e. The highest BCUT2D eigenvalue weighted by Crippen LogP contribution is 2.52. The number of cyclic esters (lactones) is 1. The van der Waals surface area contributed by atoms with Crippen LogP contribution in [0, 0.1) is 0 Å². The topological polar surface area (TPSA) is 69.7 Å². The number of benzene rings is 7. The van der Waals surface area contributed by atoms with Crippen LogP contribution in [0.25, 0.3) is 34.4 Å². The first-order valence-electron chi connectivity index (χ1n) is 23.2. The summed E-state index contributed by atoms with van der Waals surface area (Å²) in [7, 11) is 3.25. The Morgan fingerprint density at radius 3 is 1.37 bits per heavy atom. The van der Waals surface area contributed by atoms with Crippen molar-refractivity contribution < 1.29 is 28.5 Å². The van der Waals surface area contributed by atoms with E-state index in [0.717, 1.165) is 74.1 Å². The van der Waals surface area contributed by atoms with Gasteiger partial charge in [-0.25, -0.2) is 4.79 Å². The Balaban J connectivity index is 1.11. The van der Waals surface area contributed by atoms with Crippen molar-refractivity contribution in [2.24, 2.45) is 0 Å². The van der Waals surface area contributed by atoms with E-state index in [4.69, 9.17) is 70.1 Å². The fourth-order valence-electron chi connectivity index (χ4n) is 9.46. The van der Waals surface area contributed by atoms with E-state index in [1.54, 1.807) is 26.4 Å². The van der Waals surface area contributed by atoms with Crippen LogP contribution in [-0.4, -0.2) is 46.4 Å². The molecule has 0 radical (unpaired) electrons. The molecule has 7 aromatic rings. The molecule has 0 aliphatic carbocycles. The standard InChI is InChI=1S/C58H48Cl4N2O6/c1-66-41-19-23-43(24-20-41)68-49-35-39(45-11-3-5-13-47(45)63-31-7-8-32-63)17-15-37(49)27-29-58(52-51(57(65)70-58)53(59)55(61)56(62)54(52)60)30-28-38-16-18-40(36-50(38)69-44-25-21-42(67-2)22-26-44)46-12-4-6-14-48(46)64-33-9-10-34-64/h3-6,11-30,35-36H,7-10,31-34H2,1-2H3/b29-27+,30-28+. The summed E-state index contributed by atoms with van der Waals surface area (Å²) in [4.78, 5) is 19.0. The lowest BCUT2D eigenvalue weighted by atomic mass is 9.89. The summed E-state index contributed by atoms with van der Waals surface area (Å²) in [6, 6.07) is 43.8. The van der Waals surface area contributed by atoms with Crippen LogP contribution in [0.15, 0.2) is 146 Å². The van der Waals surface area contributed by atoms with Gasteiger partial charge in [0.1, 0.15) is 34.5 Å². The van der Waals surface area contributed by atoms with E-state index in [0.29, 0.717) is 45.6 Å². The third-order valence-electron chi connectivity index (χ3n) is 13.1. The predicted molar refractivity (Wildman–Crippen MR) is 284 cm³/mol. The largest absolute Gasteiger partial charge is 0.497 e. The second-order valence-corrected chi connectivity index (χ2v) is 18.9. The highest BCUT2D eigenvalue weighted by molar-refractivity contribution is 6.53. The zero-order valence-electron chi connectivity index (χ0n) is 38.5. The van der Waals surface area contributed by atoms with Crippen LogP contribution >= 0.6 is 46.4 Å². The fourth-order valence-corrected chi connectivity index (χ4v) is 10.5. The average molecular weight is 1010 g/mol. The van der Waals surface area contributed by atoms with Gasteiger partial charge in [-0.15, -0.1) is 0 Å². The first kappa shape index (κ1) is 47.1. The Kier molecular flexibility index (Phi) is 13.8. The molecule has 0 amide bonds. The molecule has 70 heavy (non-hydrogen) atoms. The molecule has 0 aromatic heterocycles. The van der Waals surface area contributed by atoms with Gasteiger partial charge in [0.05, 0.1) is 39.9 Å². The number of hydrogen-bond donors (Lipinski definition) is 0. The van der Waals surface area contributed by atoms with Crippen LogP contribution in [0.3, 0.4) is 0 Å². The van der Waals surface area contributed by atoms with E-state index >= 15 is 0 Å². The summed E-state index contributed by atoms with van der Waals surface area (Å²) in [5.41, 5.74) is 6.42. The van der Waals surface area contributed by atoms with E-state index in [-0.39, 0.29) is 31.2 Å². The SMILES string of the molecule is COc1ccc(Oc2cc(-c3ccccc3N3CCCC3)ccc2/C=C/C2(/C=C/c3ccc(-c4ccccc4N4CCCC4)cc3Oc3ccc(OC)cc3)OC(=O)c3c(Cl)c(Cl)c(Cl)c(Cl)c32)cc1. The van der Waals surface area contributed by atoms with Gasteiger partial charge in [0.15, 0.2) is 5.60 Å². The number of hydrogen-bond acceptors (Lipinski definition) is 8. The number of carbonyl (C=O) groups is 1. The van der Waals surface area contributed by atoms with Crippen molar-refractivity contribution in [2.45, 2.75) is 31.3 Å². The Morgan fingerprint density at radius 2 is 0.929 bits per heavy atom. The number of anilines is 2. The van der Waals surface area contributed by atoms with E-state index in [1.807, 2.05) is 84.9 Å². The minimum absolute atomic E-state index is 0.00865. The average Bonchev–Trinajstić information content (AvgIpc) is 4.20.